The minimum absolute atomic E-state index is 0.329. The summed E-state index contributed by atoms with van der Waals surface area (Å²) >= 11 is 0. The van der Waals surface area contributed by atoms with Crippen LogP contribution in [0.4, 0.5) is 0 Å². The summed E-state index contributed by atoms with van der Waals surface area (Å²) in [7, 11) is 0. The summed E-state index contributed by atoms with van der Waals surface area (Å²) < 4.78 is 5.66. The first-order chi connectivity index (χ1) is 9.29. The van der Waals surface area contributed by atoms with E-state index in [0.29, 0.717) is 12.5 Å². The summed E-state index contributed by atoms with van der Waals surface area (Å²) in [4.78, 5) is 10.3. The van der Waals surface area contributed by atoms with E-state index in [0.717, 1.165) is 32.5 Å². The Labute approximate surface area is 116 Å². The molecule has 1 saturated heterocycles. The molecule has 4 heteroatoms. The lowest BCUT2D eigenvalue weighted by molar-refractivity contribution is -0.137. The molecule has 0 aromatic carbocycles. The number of hydrogen-bond acceptors (Lipinski definition) is 3. The summed E-state index contributed by atoms with van der Waals surface area (Å²) in [6, 6.07) is 0. The molecule has 1 aliphatic heterocycles. The van der Waals surface area contributed by atoms with Gasteiger partial charge in [0.05, 0.1) is 12.7 Å². The van der Waals surface area contributed by atoms with Gasteiger partial charge in [-0.2, -0.15) is 0 Å². The first-order valence-corrected chi connectivity index (χ1v) is 7.83. The van der Waals surface area contributed by atoms with Crippen LogP contribution in [0.5, 0.6) is 0 Å². The lowest BCUT2D eigenvalue weighted by Crippen LogP contribution is -2.38. The molecule has 1 unspecified atom stereocenters. The lowest BCUT2D eigenvalue weighted by atomic mass is 10.0. The third-order valence-electron chi connectivity index (χ3n) is 3.67. The number of ether oxygens (including phenoxy) is 1. The van der Waals surface area contributed by atoms with Gasteiger partial charge in [0, 0.05) is 19.5 Å². The highest BCUT2D eigenvalue weighted by molar-refractivity contribution is 5.66. The molecule has 112 valence electrons. The van der Waals surface area contributed by atoms with E-state index in [2.05, 4.69) is 5.32 Å². The van der Waals surface area contributed by atoms with Crippen LogP contribution in [-0.2, 0) is 9.53 Å². The number of morpholine rings is 1. The van der Waals surface area contributed by atoms with Gasteiger partial charge in [0.25, 0.3) is 0 Å². The van der Waals surface area contributed by atoms with Gasteiger partial charge in [-0.3, -0.25) is 4.79 Å². The Kier molecular flexibility index (Phi) is 9.72. The molecule has 0 saturated carbocycles. The highest BCUT2D eigenvalue weighted by Gasteiger charge is 2.11. The fourth-order valence-corrected chi connectivity index (χ4v) is 2.51. The molecule has 0 aromatic rings. The minimum Gasteiger partial charge on any atom is -0.481 e. The summed E-state index contributed by atoms with van der Waals surface area (Å²) in [5, 5.41) is 11.9. The van der Waals surface area contributed by atoms with Crippen molar-refractivity contribution in [2.24, 2.45) is 0 Å². The Morgan fingerprint density at radius 3 is 2.26 bits per heavy atom. The van der Waals surface area contributed by atoms with E-state index in [4.69, 9.17) is 9.84 Å². The zero-order chi connectivity index (χ0) is 13.8. The van der Waals surface area contributed by atoms with E-state index in [1.165, 1.54) is 44.9 Å². The van der Waals surface area contributed by atoms with E-state index in [9.17, 15) is 4.79 Å². The first-order valence-electron chi connectivity index (χ1n) is 7.83. The maximum atomic E-state index is 10.3. The van der Waals surface area contributed by atoms with E-state index in [1.54, 1.807) is 0 Å². The second-order valence-corrected chi connectivity index (χ2v) is 5.46. The van der Waals surface area contributed by atoms with Gasteiger partial charge in [0.1, 0.15) is 0 Å². The molecule has 0 bridgehead atoms. The minimum atomic E-state index is -0.667. The van der Waals surface area contributed by atoms with Crippen LogP contribution in [0.25, 0.3) is 0 Å². The van der Waals surface area contributed by atoms with Gasteiger partial charge in [-0.25, -0.2) is 0 Å². The van der Waals surface area contributed by atoms with Crippen LogP contribution in [0.3, 0.4) is 0 Å². The molecule has 1 aliphatic rings. The van der Waals surface area contributed by atoms with Crippen LogP contribution in [0.15, 0.2) is 0 Å². The average Bonchev–Trinajstić information content (AvgIpc) is 2.42. The van der Waals surface area contributed by atoms with Crippen molar-refractivity contribution in [2.45, 2.75) is 70.3 Å². The Hall–Kier alpha value is -0.610. The number of aliphatic carboxylic acids is 1. The largest absolute Gasteiger partial charge is 0.481 e. The molecule has 19 heavy (non-hydrogen) atoms. The Morgan fingerprint density at radius 1 is 1.05 bits per heavy atom. The summed E-state index contributed by atoms with van der Waals surface area (Å²) in [5.74, 6) is -0.667. The SMILES string of the molecule is O=C(O)CCCCCCCCCCC1CNCCO1. The topological polar surface area (TPSA) is 58.6 Å². The maximum Gasteiger partial charge on any atom is 0.303 e. The van der Waals surface area contributed by atoms with Gasteiger partial charge in [0.2, 0.25) is 0 Å². The monoisotopic (exact) mass is 271 g/mol. The summed E-state index contributed by atoms with van der Waals surface area (Å²) in [6.45, 7) is 2.88. The molecule has 0 aromatic heterocycles. The molecule has 0 aliphatic carbocycles. The van der Waals surface area contributed by atoms with E-state index in [-0.39, 0.29) is 0 Å². The van der Waals surface area contributed by atoms with Crippen molar-refractivity contribution >= 4 is 5.97 Å². The molecule has 1 heterocycles. The van der Waals surface area contributed by atoms with E-state index in [1.807, 2.05) is 0 Å². The van der Waals surface area contributed by atoms with Gasteiger partial charge < -0.3 is 15.2 Å². The van der Waals surface area contributed by atoms with Crippen LogP contribution < -0.4 is 5.32 Å². The lowest BCUT2D eigenvalue weighted by Gasteiger charge is -2.23. The van der Waals surface area contributed by atoms with Crippen molar-refractivity contribution in [1.29, 1.82) is 0 Å². The number of nitrogens with one attached hydrogen (secondary N) is 1. The third kappa shape index (κ3) is 9.91. The third-order valence-corrected chi connectivity index (χ3v) is 3.67. The van der Waals surface area contributed by atoms with E-state index < -0.39 is 5.97 Å². The highest BCUT2D eigenvalue weighted by atomic mass is 16.5. The number of carboxylic acid groups (broad SMARTS) is 1. The van der Waals surface area contributed by atoms with Crippen LogP contribution >= 0.6 is 0 Å². The molecule has 1 rings (SSSR count). The van der Waals surface area contributed by atoms with Crippen molar-refractivity contribution in [3.8, 4) is 0 Å². The maximum absolute atomic E-state index is 10.3. The Balaban J connectivity index is 1.74. The molecule has 1 atom stereocenters. The number of unbranched alkanes of at least 4 members (excludes halogenated alkanes) is 7. The van der Waals surface area contributed by atoms with Crippen LogP contribution in [0.1, 0.15) is 64.2 Å². The first kappa shape index (κ1) is 16.4. The van der Waals surface area contributed by atoms with Crippen LogP contribution in [-0.4, -0.2) is 36.9 Å². The molecular weight excluding hydrogens is 242 g/mol. The zero-order valence-corrected chi connectivity index (χ0v) is 12.0. The standard InChI is InChI=1S/C15H29NO3/c17-15(18)10-8-6-4-2-1-3-5-7-9-14-13-16-11-12-19-14/h14,16H,1-13H2,(H,17,18). The fourth-order valence-electron chi connectivity index (χ4n) is 2.51. The number of carboxylic acids is 1. The summed E-state index contributed by atoms with van der Waals surface area (Å²) in [6.07, 6.45) is 11.4. The zero-order valence-electron chi connectivity index (χ0n) is 12.0. The van der Waals surface area contributed by atoms with Crippen molar-refractivity contribution in [3.05, 3.63) is 0 Å². The van der Waals surface area contributed by atoms with Crippen molar-refractivity contribution in [1.82, 2.24) is 5.32 Å². The normalized spacial score (nSPS) is 19.5. The van der Waals surface area contributed by atoms with E-state index >= 15 is 0 Å². The number of carbonyl (C=O) groups is 1. The number of rotatable bonds is 11. The molecule has 0 spiro atoms. The van der Waals surface area contributed by atoms with Crippen molar-refractivity contribution in [2.75, 3.05) is 19.7 Å². The van der Waals surface area contributed by atoms with Gasteiger partial charge in [-0.1, -0.05) is 44.9 Å². The fraction of sp³-hybridized carbons (Fsp3) is 0.933. The second kappa shape index (κ2) is 11.2. The van der Waals surface area contributed by atoms with Gasteiger partial charge in [0.15, 0.2) is 0 Å². The molecule has 2 N–H and O–H groups in total. The van der Waals surface area contributed by atoms with Gasteiger partial charge >= 0.3 is 5.97 Å². The van der Waals surface area contributed by atoms with Crippen molar-refractivity contribution in [3.63, 3.8) is 0 Å². The van der Waals surface area contributed by atoms with Crippen LogP contribution in [0, 0.1) is 0 Å². The highest BCUT2D eigenvalue weighted by Crippen LogP contribution is 2.12. The molecule has 0 radical (unpaired) electrons. The second-order valence-electron chi connectivity index (χ2n) is 5.46. The molecule has 0 amide bonds. The Bertz CT molecular complexity index is 227. The predicted molar refractivity (Wildman–Crippen MR) is 76.4 cm³/mol. The quantitative estimate of drug-likeness (QED) is 0.567. The molecule has 1 fully saturated rings. The predicted octanol–water partition coefficient (Wildman–Crippen LogP) is 2.96. The summed E-state index contributed by atoms with van der Waals surface area (Å²) in [5.41, 5.74) is 0. The van der Waals surface area contributed by atoms with Gasteiger partial charge in [-0.05, 0) is 12.8 Å². The smallest absolute Gasteiger partial charge is 0.303 e. The average molecular weight is 271 g/mol. The molecular formula is C15H29NO3. The van der Waals surface area contributed by atoms with Crippen LogP contribution in [0.2, 0.25) is 0 Å². The molecule has 4 nitrogen and oxygen atoms in total. The van der Waals surface area contributed by atoms with Gasteiger partial charge in [-0.15, -0.1) is 0 Å². The number of hydrogen-bond donors (Lipinski definition) is 2. The Morgan fingerprint density at radius 2 is 1.68 bits per heavy atom. The van der Waals surface area contributed by atoms with Crippen molar-refractivity contribution < 1.29 is 14.6 Å².